The second-order valence-electron chi connectivity index (χ2n) is 2.68. The molecule has 15 heavy (non-hydrogen) atoms. The van der Waals surface area contributed by atoms with E-state index in [0.29, 0.717) is 5.56 Å². The van der Waals surface area contributed by atoms with Crippen molar-refractivity contribution in [1.82, 2.24) is 0 Å². The Morgan fingerprint density at radius 1 is 1.47 bits per heavy atom. The number of nitrogens with zero attached hydrogens (tertiary/aromatic N) is 1. The van der Waals surface area contributed by atoms with E-state index in [4.69, 9.17) is 9.94 Å². The minimum Gasteiger partial charge on any atom is -0.461 e. The molecule has 0 spiro atoms. The van der Waals surface area contributed by atoms with Crippen molar-refractivity contribution in [1.29, 1.82) is 0 Å². The average Bonchev–Trinajstić information content (AvgIpc) is 2.22. The van der Waals surface area contributed by atoms with Crippen LogP contribution < -0.4 is 0 Å². The maximum absolute atomic E-state index is 11.3. The van der Waals surface area contributed by atoms with Crippen LogP contribution >= 0.6 is 15.9 Å². The molecule has 0 unspecified atom stereocenters. The number of benzene rings is 1. The monoisotopic (exact) mass is 271 g/mol. The highest BCUT2D eigenvalue weighted by molar-refractivity contribution is 9.10. The van der Waals surface area contributed by atoms with Crippen molar-refractivity contribution in [3.05, 3.63) is 34.3 Å². The molecule has 0 aliphatic carbocycles. The van der Waals surface area contributed by atoms with Gasteiger partial charge in [-0.15, -0.1) is 0 Å². The number of hydrogen-bond donors (Lipinski definition) is 1. The lowest BCUT2D eigenvalue weighted by Crippen LogP contribution is -2.18. The van der Waals surface area contributed by atoms with Crippen LogP contribution in [0.2, 0.25) is 0 Å². The average molecular weight is 272 g/mol. The SMILES string of the molecule is CCOC(=O)/C(=N/O)c1ccc(Br)cc1. The molecule has 0 radical (unpaired) electrons. The van der Waals surface area contributed by atoms with Crippen LogP contribution in [0.15, 0.2) is 33.9 Å². The first-order valence-corrected chi connectivity index (χ1v) is 5.13. The van der Waals surface area contributed by atoms with Crippen LogP contribution in [0.5, 0.6) is 0 Å². The third-order valence-electron chi connectivity index (χ3n) is 1.69. The van der Waals surface area contributed by atoms with Gasteiger partial charge in [0, 0.05) is 10.0 Å². The van der Waals surface area contributed by atoms with Gasteiger partial charge in [-0.25, -0.2) is 4.79 Å². The molecule has 0 amide bonds. The van der Waals surface area contributed by atoms with Crippen molar-refractivity contribution in [2.75, 3.05) is 6.61 Å². The summed E-state index contributed by atoms with van der Waals surface area (Å²) in [5.41, 5.74) is 0.420. The van der Waals surface area contributed by atoms with Crippen LogP contribution in [0.25, 0.3) is 0 Å². The molecule has 0 saturated heterocycles. The molecule has 0 saturated carbocycles. The van der Waals surface area contributed by atoms with Gasteiger partial charge in [0.1, 0.15) is 0 Å². The lowest BCUT2D eigenvalue weighted by Gasteiger charge is -2.03. The van der Waals surface area contributed by atoms with Gasteiger partial charge in [-0.1, -0.05) is 33.2 Å². The number of carbonyl (C=O) groups excluding carboxylic acids is 1. The van der Waals surface area contributed by atoms with E-state index in [0.717, 1.165) is 4.47 Å². The number of esters is 1. The molecule has 0 atom stereocenters. The smallest absolute Gasteiger partial charge is 0.361 e. The Labute approximate surface area is 95.7 Å². The highest BCUT2D eigenvalue weighted by Crippen LogP contribution is 2.11. The molecule has 0 fully saturated rings. The normalized spacial score (nSPS) is 11.2. The minimum absolute atomic E-state index is 0.0932. The lowest BCUT2D eigenvalue weighted by atomic mass is 10.1. The van der Waals surface area contributed by atoms with Crippen LogP contribution in [-0.4, -0.2) is 23.5 Å². The molecule has 5 heteroatoms. The molecule has 0 aromatic heterocycles. The van der Waals surface area contributed by atoms with E-state index in [2.05, 4.69) is 21.1 Å². The molecule has 0 heterocycles. The Bertz CT molecular complexity index is 373. The van der Waals surface area contributed by atoms with E-state index in [1.165, 1.54) is 0 Å². The first kappa shape index (κ1) is 11.7. The minimum atomic E-state index is -0.637. The van der Waals surface area contributed by atoms with Crippen molar-refractivity contribution in [3.8, 4) is 0 Å². The maximum atomic E-state index is 11.3. The Balaban J connectivity index is 2.94. The molecule has 80 valence electrons. The fourth-order valence-corrected chi connectivity index (χ4v) is 1.29. The van der Waals surface area contributed by atoms with Crippen molar-refractivity contribution < 1.29 is 14.7 Å². The summed E-state index contributed by atoms with van der Waals surface area (Å²) in [6.45, 7) is 1.93. The van der Waals surface area contributed by atoms with Gasteiger partial charge in [0.05, 0.1) is 6.61 Å². The van der Waals surface area contributed by atoms with Gasteiger partial charge in [0.25, 0.3) is 0 Å². The summed E-state index contributed by atoms with van der Waals surface area (Å²) in [6, 6.07) is 6.82. The standard InChI is InChI=1S/C10H10BrNO3/c1-2-15-10(13)9(12-14)7-3-5-8(11)6-4-7/h3-6,14H,2H2,1H3/b12-9+. The van der Waals surface area contributed by atoms with Gasteiger partial charge in [0.2, 0.25) is 0 Å². The Morgan fingerprint density at radius 3 is 2.53 bits per heavy atom. The molecule has 0 aliphatic heterocycles. The zero-order valence-electron chi connectivity index (χ0n) is 8.11. The van der Waals surface area contributed by atoms with Gasteiger partial charge in [-0.3, -0.25) is 0 Å². The molecule has 1 rings (SSSR count). The number of oxime groups is 1. The first-order chi connectivity index (χ1) is 7.19. The number of rotatable bonds is 3. The van der Waals surface area contributed by atoms with E-state index in [1.54, 1.807) is 31.2 Å². The summed E-state index contributed by atoms with van der Waals surface area (Å²) in [7, 11) is 0. The largest absolute Gasteiger partial charge is 0.461 e. The second kappa shape index (κ2) is 5.50. The van der Waals surface area contributed by atoms with Crippen molar-refractivity contribution in [3.63, 3.8) is 0 Å². The zero-order chi connectivity index (χ0) is 11.3. The summed E-state index contributed by atoms with van der Waals surface area (Å²) in [4.78, 5) is 11.3. The van der Waals surface area contributed by atoms with Crippen molar-refractivity contribution >= 4 is 27.6 Å². The number of halogens is 1. The Hall–Kier alpha value is -1.36. The highest BCUT2D eigenvalue weighted by atomic mass is 79.9. The lowest BCUT2D eigenvalue weighted by molar-refractivity contribution is -0.135. The van der Waals surface area contributed by atoms with Crippen molar-refractivity contribution in [2.24, 2.45) is 5.16 Å². The van der Waals surface area contributed by atoms with E-state index in [9.17, 15) is 4.79 Å². The van der Waals surface area contributed by atoms with Gasteiger partial charge in [-0.2, -0.15) is 0 Å². The molecule has 1 N–H and O–H groups in total. The van der Waals surface area contributed by atoms with Gasteiger partial charge in [-0.05, 0) is 19.1 Å². The van der Waals surface area contributed by atoms with Crippen LogP contribution in [0.3, 0.4) is 0 Å². The van der Waals surface area contributed by atoms with Gasteiger partial charge in [0.15, 0.2) is 5.71 Å². The van der Waals surface area contributed by atoms with E-state index in [-0.39, 0.29) is 12.3 Å². The predicted molar refractivity (Wildman–Crippen MR) is 59.1 cm³/mol. The summed E-state index contributed by atoms with van der Waals surface area (Å²) >= 11 is 3.27. The number of ether oxygens (including phenoxy) is 1. The third-order valence-corrected chi connectivity index (χ3v) is 2.22. The number of carbonyl (C=O) groups is 1. The van der Waals surface area contributed by atoms with Gasteiger partial charge >= 0.3 is 5.97 Å². The zero-order valence-corrected chi connectivity index (χ0v) is 9.69. The van der Waals surface area contributed by atoms with Crippen LogP contribution in [-0.2, 0) is 9.53 Å². The fourth-order valence-electron chi connectivity index (χ4n) is 1.02. The highest BCUT2D eigenvalue weighted by Gasteiger charge is 2.15. The molecule has 4 nitrogen and oxygen atoms in total. The summed E-state index contributed by atoms with van der Waals surface area (Å²) in [5.74, 6) is -0.637. The molecule has 1 aromatic rings. The second-order valence-corrected chi connectivity index (χ2v) is 3.59. The molecule has 0 aliphatic rings. The quantitative estimate of drug-likeness (QED) is 0.397. The third kappa shape index (κ3) is 3.06. The van der Waals surface area contributed by atoms with E-state index < -0.39 is 5.97 Å². The van der Waals surface area contributed by atoms with Crippen LogP contribution in [0.4, 0.5) is 0 Å². The Kier molecular flexibility index (Phi) is 4.30. The predicted octanol–water partition coefficient (Wildman–Crippen LogP) is 2.19. The molecule has 1 aromatic carbocycles. The molecular weight excluding hydrogens is 262 g/mol. The summed E-state index contributed by atoms with van der Waals surface area (Å²) in [5, 5.41) is 11.7. The maximum Gasteiger partial charge on any atom is 0.361 e. The molecular formula is C10H10BrNO3. The summed E-state index contributed by atoms with van der Waals surface area (Å²) < 4.78 is 5.62. The van der Waals surface area contributed by atoms with E-state index >= 15 is 0 Å². The van der Waals surface area contributed by atoms with Crippen LogP contribution in [0.1, 0.15) is 12.5 Å². The number of hydrogen-bond acceptors (Lipinski definition) is 4. The first-order valence-electron chi connectivity index (χ1n) is 4.34. The molecule has 0 bridgehead atoms. The summed E-state index contributed by atoms with van der Waals surface area (Å²) in [6.07, 6.45) is 0. The van der Waals surface area contributed by atoms with Crippen LogP contribution in [0, 0.1) is 0 Å². The van der Waals surface area contributed by atoms with Gasteiger partial charge < -0.3 is 9.94 Å². The Morgan fingerprint density at radius 2 is 2.07 bits per heavy atom. The van der Waals surface area contributed by atoms with E-state index in [1.807, 2.05) is 0 Å². The van der Waals surface area contributed by atoms with Crippen molar-refractivity contribution in [2.45, 2.75) is 6.92 Å². The fraction of sp³-hybridized carbons (Fsp3) is 0.200. The topological polar surface area (TPSA) is 58.9 Å².